The van der Waals surface area contributed by atoms with Crippen molar-refractivity contribution in [1.29, 1.82) is 0 Å². The van der Waals surface area contributed by atoms with Gasteiger partial charge < -0.3 is 10.1 Å². The van der Waals surface area contributed by atoms with Gasteiger partial charge in [-0.1, -0.05) is 23.7 Å². The van der Waals surface area contributed by atoms with Gasteiger partial charge in [-0.15, -0.1) is 12.4 Å². The topological polar surface area (TPSA) is 91.0 Å². The Morgan fingerprint density at radius 1 is 1.14 bits per heavy atom. The zero-order valence-electron chi connectivity index (χ0n) is 20.3. The van der Waals surface area contributed by atoms with E-state index in [0.717, 1.165) is 45.3 Å². The summed E-state index contributed by atoms with van der Waals surface area (Å²) in [6, 6.07) is 7.44. The summed E-state index contributed by atoms with van der Waals surface area (Å²) in [5.41, 5.74) is 0.408. The Hall–Kier alpha value is -1.86. The Bertz CT molecular complexity index is 1210. The van der Waals surface area contributed by atoms with Gasteiger partial charge in [-0.3, -0.25) is 9.80 Å². The third-order valence-corrected chi connectivity index (χ3v) is 8.24. The molecule has 2 N–H and O–H groups in total. The van der Waals surface area contributed by atoms with Crippen LogP contribution in [0.5, 0.6) is 0 Å². The van der Waals surface area contributed by atoms with Crippen molar-refractivity contribution in [2.45, 2.75) is 17.8 Å². The maximum atomic E-state index is 14.6. The lowest BCUT2D eigenvalue weighted by Crippen LogP contribution is -2.61. The second-order valence-electron chi connectivity index (χ2n) is 9.05. The van der Waals surface area contributed by atoms with Crippen molar-refractivity contribution in [2.75, 3.05) is 52.9 Å². The van der Waals surface area contributed by atoms with Crippen molar-refractivity contribution >= 4 is 40.0 Å². The average molecular weight is 579 g/mol. The zero-order valence-corrected chi connectivity index (χ0v) is 22.6. The molecule has 2 aliphatic rings. The van der Waals surface area contributed by atoms with Crippen LogP contribution in [0.1, 0.15) is 27.5 Å². The van der Waals surface area contributed by atoms with Crippen LogP contribution in [0.3, 0.4) is 0 Å². The Morgan fingerprint density at radius 2 is 1.84 bits per heavy atom. The molecule has 0 spiro atoms. The van der Waals surface area contributed by atoms with E-state index in [-0.39, 0.29) is 28.6 Å². The number of hydrogen-bond donors (Lipinski definition) is 2. The molecule has 2 aromatic carbocycles. The molecule has 0 bridgehead atoms. The average Bonchev–Trinajstić information content (AvgIpc) is 2.81. The van der Waals surface area contributed by atoms with Gasteiger partial charge in [0.2, 0.25) is 10.0 Å². The molecule has 1 unspecified atom stereocenters. The number of piperazine rings is 1. The van der Waals surface area contributed by atoms with Crippen LogP contribution in [-0.4, -0.2) is 83.2 Å². The standard InChI is InChI=1S/C24H29ClF2N4O4S.ClH/c1-35-24(32)17-2-3-18(22(27)11-17)15-36(33,34)29-23(16-4-5-21(26)20(25)10-16)14-30-6-8-31(9-7-30)19-12-28-13-19;/h2-5,10-11,19,23,28-29H,6-9,12-15H2,1H3;1H. The van der Waals surface area contributed by atoms with Crippen LogP contribution in [0.25, 0.3) is 0 Å². The summed E-state index contributed by atoms with van der Waals surface area (Å²) in [6.45, 7) is 5.56. The minimum atomic E-state index is -4.02. The fourth-order valence-corrected chi connectivity index (χ4v) is 5.97. The third kappa shape index (κ3) is 7.60. The van der Waals surface area contributed by atoms with E-state index in [4.69, 9.17) is 11.6 Å². The van der Waals surface area contributed by atoms with E-state index in [1.54, 1.807) is 0 Å². The molecule has 1 atom stereocenters. The van der Waals surface area contributed by atoms with Crippen LogP contribution in [-0.2, 0) is 20.5 Å². The Balaban J connectivity index is 0.00000380. The second kappa shape index (κ2) is 12.8. The molecule has 0 aromatic heterocycles. The van der Waals surface area contributed by atoms with Crippen LogP contribution in [0, 0.1) is 11.6 Å². The number of hydrogen-bond acceptors (Lipinski definition) is 7. The molecule has 2 fully saturated rings. The molecule has 2 saturated heterocycles. The van der Waals surface area contributed by atoms with Gasteiger partial charge >= 0.3 is 5.97 Å². The molecule has 0 amide bonds. The largest absolute Gasteiger partial charge is 0.465 e. The smallest absolute Gasteiger partial charge is 0.337 e. The number of ether oxygens (including phenoxy) is 1. The van der Waals surface area contributed by atoms with E-state index >= 15 is 0 Å². The van der Waals surface area contributed by atoms with E-state index in [2.05, 4.69) is 24.6 Å². The van der Waals surface area contributed by atoms with E-state index in [1.807, 2.05) is 0 Å². The lowest BCUT2D eigenvalue weighted by atomic mass is 10.1. The normalized spacial score (nSPS) is 18.1. The van der Waals surface area contributed by atoms with Gasteiger partial charge in [0.05, 0.1) is 29.5 Å². The zero-order chi connectivity index (χ0) is 25.9. The van der Waals surface area contributed by atoms with Crippen molar-refractivity contribution in [3.63, 3.8) is 0 Å². The molecule has 0 saturated carbocycles. The van der Waals surface area contributed by atoms with Gasteiger partial charge in [0, 0.05) is 57.4 Å². The first-order valence-electron chi connectivity index (χ1n) is 11.6. The van der Waals surface area contributed by atoms with Crippen molar-refractivity contribution < 1.29 is 26.7 Å². The number of rotatable bonds is 9. The molecular weight excluding hydrogens is 549 g/mol. The van der Waals surface area contributed by atoms with Crippen molar-refractivity contribution in [1.82, 2.24) is 19.8 Å². The Labute approximate surface area is 226 Å². The molecule has 4 rings (SSSR count). The van der Waals surface area contributed by atoms with Gasteiger partial charge in [0.15, 0.2) is 0 Å². The monoisotopic (exact) mass is 578 g/mol. The fraction of sp³-hybridized carbons (Fsp3) is 0.458. The number of sulfonamides is 1. The number of benzene rings is 2. The van der Waals surface area contributed by atoms with E-state index in [1.165, 1.54) is 37.4 Å². The minimum Gasteiger partial charge on any atom is -0.465 e. The molecule has 13 heteroatoms. The number of methoxy groups -OCH3 is 1. The molecule has 2 heterocycles. The van der Waals surface area contributed by atoms with Crippen molar-refractivity contribution in [3.05, 3.63) is 69.7 Å². The predicted octanol–water partition coefficient (Wildman–Crippen LogP) is 2.58. The summed E-state index contributed by atoms with van der Waals surface area (Å²) >= 11 is 5.99. The van der Waals surface area contributed by atoms with Crippen LogP contribution >= 0.6 is 24.0 Å². The van der Waals surface area contributed by atoms with Crippen molar-refractivity contribution in [2.24, 2.45) is 0 Å². The molecule has 0 aliphatic carbocycles. The van der Waals surface area contributed by atoms with Crippen LogP contribution < -0.4 is 10.0 Å². The maximum absolute atomic E-state index is 14.6. The van der Waals surface area contributed by atoms with Crippen molar-refractivity contribution in [3.8, 4) is 0 Å². The molecule has 0 radical (unpaired) electrons. The molecule has 37 heavy (non-hydrogen) atoms. The van der Waals surface area contributed by atoms with Crippen LogP contribution in [0.4, 0.5) is 8.78 Å². The summed E-state index contributed by atoms with van der Waals surface area (Å²) in [7, 11) is -2.85. The lowest BCUT2D eigenvalue weighted by molar-refractivity contribution is 0.0600. The van der Waals surface area contributed by atoms with Gasteiger partial charge in [0.1, 0.15) is 11.6 Å². The predicted molar refractivity (Wildman–Crippen MR) is 140 cm³/mol. The second-order valence-corrected chi connectivity index (χ2v) is 11.2. The quantitative estimate of drug-likeness (QED) is 0.442. The van der Waals surface area contributed by atoms with Gasteiger partial charge in [-0.05, 0) is 29.8 Å². The van der Waals surface area contributed by atoms with Crippen LogP contribution in [0.15, 0.2) is 36.4 Å². The molecule has 204 valence electrons. The number of esters is 1. The summed E-state index contributed by atoms with van der Waals surface area (Å²) in [5.74, 6) is -2.78. The number of carbonyl (C=O) groups is 1. The summed E-state index contributed by atoms with van der Waals surface area (Å²) in [4.78, 5) is 16.2. The lowest BCUT2D eigenvalue weighted by Gasteiger charge is -2.43. The van der Waals surface area contributed by atoms with Crippen LogP contribution in [0.2, 0.25) is 5.02 Å². The van der Waals surface area contributed by atoms with Gasteiger partial charge in [0.25, 0.3) is 0 Å². The maximum Gasteiger partial charge on any atom is 0.337 e. The summed E-state index contributed by atoms with van der Waals surface area (Å²) in [6.07, 6.45) is 0. The highest BCUT2D eigenvalue weighted by atomic mass is 35.5. The molecular formula is C24H30Cl2F2N4O4S. The number of nitrogens with one attached hydrogen (secondary N) is 2. The summed E-state index contributed by atoms with van der Waals surface area (Å²) in [5, 5.41) is 3.16. The summed E-state index contributed by atoms with van der Waals surface area (Å²) < 4.78 is 61.7. The Kier molecular flexibility index (Phi) is 10.3. The molecule has 2 aliphatic heterocycles. The fourth-order valence-electron chi connectivity index (χ4n) is 4.41. The highest BCUT2D eigenvalue weighted by molar-refractivity contribution is 7.88. The van der Waals surface area contributed by atoms with Gasteiger partial charge in [-0.2, -0.15) is 0 Å². The van der Waals surface area contributed by atoms with E-state index in [0.29, 0.717) is 18.2 Å². The molecule has 2 aromatic rings. The SMILES string of the molecule is COC(=O)c1ccc(CS(=O)(=O)NC(CN2CCN(C3CNC3)CC2)c2ccc(F)c(Cl)c2)c(F)c1.Cl. The molecule has 8 nitrogen and oxygen atoms in total. The number of halogens is 4. The highest BCUT2D eigenvalue weighted by Crippen LogP contribution is 2.24. The first-order valence-corrected chi connectivity index (χ1v) is 13.7. The first kappa shape index (κ1) is 29.7. The number of nitrogens with zero attached hydrogens (tertiary/aromatic N) is 2. The Morgan fingerprint density at radius 3 is 2.41 bits per heavy atom. The van der Waals surface area contributed by atoms with E-state index in [9.17, 15) is 22.0 Å². The minimum absolute atomic E-state index is 0. The highest BCUT2D eigenvalue weighted by Gasteiger charge is 2.30. The van der Waals surface area contributed by atoms with E-state index < -0.39 is 39.4 Å². The third-order valence-electron chi connectivity index (χ3n) is 6.61. The number of carbonyl (C=O) groups excluding carboxylic acids is 1. The first-order chi connectivity index (χ1) is 17.1. The van der Waals surface area contributed by atoms with Gasteiger partial charge in [-0.25, -0.2) is 26.7 Å².